The van der Waals surface area contributed by atoms with Gasteiger partial charge in [0.2, 0.25) is 39.3 Å². The Morgan fingerprint density at radius 1 is 1.06 bits per heavy atom. The Kier molecular flexibility index (Phi) is 13.8. The molecule has 0 spiro atoms. The van der Waals surface area contributed by atoms with Gasteiger partial charge < -0.3 is 24.8 Å². The van der Waals surface area contributed by atoms with E-state index in [-0.39, 0.29) is 25.4 Å². The molecule has 1 aliphatic carbocycles. The van der Waals surface area contributed by atoms with Crippen molar-refractivity contribution in [2.45, 2.75) is 115 Å². The Morgan fingerprint density at radius 2 is 1.78 bits per heavy atom. The lowest BCUT2D eigenvalue weighted by molar-refractivity contribution is -0.140. The fourth-order valence-electron chi connectivity index (χ4n) is 7.35. The van der Waals surface area contributed by atoms with Crippen LogP contribution < -0.4 is 15.4 Å². The molecule has 2 saturated heterocycles. The van der Waals surface area contributed by atoms with Crippen LogP contribution in [0, 0.1) is 11.8 Å². The third kappa shape index (κ3) is 11.0. The molecule has 5 rings (SSSR count). The largest absolute Gasteiger partial charge is 0.372 e. The third-order valence-corrected chi connectivity index (χ3v) is 11.0. The first kappa shape index (κ1) is 38.3. The van der Waals surface area contributed by atoms with Crippen molar-refractivity contribution >= 4 is 39.2 Å². The number of likely N-dealkylation sites (tertiary alicyclic amines) is 1. The maximum Gasteiger partial charge on any atom is 0.243 e. The predicted molar refractivity (Wildman–Crippen MR) is 188 cm³/mol. The quantitative estimate of drug-likeness (QED) is 0.203. The lowest BCUT2D eigenvalue weighted by Crippen LogP contribution is -2.55. The van der Waals surface area contributed by atoms with Crippen molar-refractivity contribution in [3.05, 3.63) is 46.6 Å². The summed E-state index contributed by atoms with van der Waals surface area (Å²) in [5.41, 5.74) is 0.875. The van der Waals surface area contributed by atoms with Crippen molar-refractivity contribution in [1.29, 1.82) is 0 Å². The van der Waals surface area contributed by atoms with Crippen LogP contribution in [0.1, 0.15) is 99.6 Å². The van der Waals surface area contributed by atoms with Gasteiger partial charge in [-0.05, 0) is 87.6 Å². The van der Waals surface area contributed by atoms with Crippen LogP contribution >= 0.6 is 11.6 Å². The highest BCUT2D eigenvalue weighted by atomic mass is 35.5. The monoisotopic (exact) mass is 734 g/mol. The van der Waals surface area contributed by atoms with Crippen LogP contribution in [0.25, 0.3) is 0 Å². The summed E-state index contributed by atoms with van der Waals surface area (Å²) in [6, 6.07) is 4.24. The Balaban J connectivity index is 1.32. The van der Waals surface area contributed by atoms with Crippen molar-refractivity contribution in [2.75, 3.05) is 25.9 Å². The van der Waals surface area contributed by atoms with Crippen LogP contribution in [0.15, 0.2) is 28.8 Å². The van der Waals surface area contributed by atoms with Gasteiger partial charge in [-0.25, -0.2) is 13.1 Å². The molecule has 3 aliphatic rings. The molecule has 13 nitrogen and oxygen atoms in total. The van der Waals surface area contributed by atoms with Crippen LogP contribution in [0.2, 0.25) is 5.02 Å². The van der Waals surface area contributed by atoms with E-state index in [0.29, 0.717) is 54.9 Å². The number of halogens is 1. The van der Waals surface area contributed by atoms with Crippen molar-refractivity contribution in [2.24, 2.45) is 11.8 Å². The number of amides is 2. The molecule has 1 aromatic carbocycles. The van der Waals surface area contributed by atoms with Crippen LogP contribution in [-0.2, 0) is 37.4 Å². The standard InChI is InChI=1S/C35H51ClN6O7S/c1-3-6-28(32(43)33-39-31(49-40-33)19-24-7-4-5-8-24)38-34(44)30-20-27(48-22-25-9-12-26(36)13-10-25)21-42(30)35(45)29(41-50(2,46)47)14-11-23-15-17-37-18-16-23/h9-10,12-13,23-24,27-30,37,41H,3-8,11,14-22H2,1-2H3,(H,38,44)/t27-,28+,29-,30+/m1/s1. The first-order chi connectivity index (χ1) is 24.0. The average molecular weight is 735 g/mol. The molecular formula is C35H51ClN6O7S. The van der Waals surface area contributed by atoms with Gasteiger partial charge in [-0.15, -0.1) is 0 Å². The molecule has 4 atom stereocenters. The summed E-state index contributed by atoms with van der Waals surface area (Å²) in [6.45, 7) is 3.99. The highest BCUT2D eigenvalue weighted by Crippen LogP contribution is 2.28. The van der Waals surface area contributed by atoms with Gasteiger partial charge in [-0.2, -0.15) is 4.98 Å². The number of rotatable bonds is 17. The molecule has 0 radical (unpaired) electrons. The van der Waals surface area contributed by atoms with E-state index in [2.05, 4.69) is 25.5 Å². The van der Waals surface area contributed by atoms with Gasteiger partial charge in [-0.3, -0.25) is 14.4 Å². The van der Waals surface area contributed by atoms with E-state index in [1.165, 1.54) is 17.7 Å². The first-order valence-corrected chi connectivity index (χ1v) is 20.3. The minimum absolute atomic E-state index is 0.0735. The van der Waals surface area contributed by atoms with Gasteiger partial charge >= 0.3 is 0 Å². The zero-order valence-corrected chi connectivity index (χ0v) is 30.6. The van der Waals surface area contributed by atoms with Gasteiger partial charge in [0.1, 0.15) is 12.1 Å². The smallest absolute Gasteiger partial charge is 0.243 e. The second-order valence-electron chi connectivity index (χ2n) is 14.1. The highest BCUT2D eigenvalue weighted by molar-refractivity contribution is 7.88. The number of sulfonamides is 1. The Morgan fingerprint density at radius 3 is 2.46 bits per heavy atom. The molecule has 276 valence electrons. The number of aromatic nitrogens is 2. The van der Waals surface area contributed by atoms with Gasteiger partial charge in [0, 0.05) is 24.4 Å². The molecule has 3 N–H and O–H groups in total. The fourth-order valence-corrected chi connectivity index (χ4v) is 8.21. The molecule has 0 bridgehead atoms. The molecule has 2 aromatic rings. The number of ketones is 1. The van der Waals surface area contributed by atoms with E-state index >= 15 is 0 Å². The predicted octanol–water partition coefficient (Wildman–Crippen LogP) is 3.81. The summed E-state index contributed by atoms with van der Waals surface area (Å²) < 4.78 is 39.0. The molecule has 3 fully saturated rings. The number of carbonyl (C=O) groups excluding carboxylic acids is 3. The van der Waals surface area contributed by atoms with Crippen molar-refractivity contribution in [3.8, 4) is 0 Å². The van der Waals surface area contributed by atoms with E-state index in [1.807, 2.05) is 19.1 Å². The normalized spacial score (nSPS) is 21.7. The van der Waals surface area contributed by atoms with E-state index in [0.717, 1.165) is 50.6 Å². The Hall–Kier alpha value is -2.91. The zero-order valence-electron chi connectivity index (χ0n) is 29.1. The molecule has 2 amide bonds. The number of piperidine rings is 1. The number of nitrogens with one attached hydrogen (secondary N) is 3. The number of hydrogen-bond donors (Lipinski definition) is 3. The number of hydrogen-bond acceptors (Lipinski definition) is 10. The minimum Gasteiger partial charge on any atom is -0.372 e. The van der Waals surface area contributed by atoms with Crippen molar-refractivity contribution < 1.29 is 32.1 Å². The summed E-state index contributed by atoms with van der Waals surface area (Å²) in [4.78, 5) is 47.7. The van der Waals surface area contributed by atoms with E-state index in [4.69, 9.17) is 20.9 Å². The van der Waals surface area contributed by atoms with Crippen LogP contribution in [0.4, 0.5) is 0 Å². The van der Waals surface area contributed by atoms with E-state index in [9.17, 15) is 22.8 Å². The SMILES string of the molecule is CCC[C@H](NC(=O)[C@@H]1C[C@@H](OCc2ccc(Cl)cc2)CN1C(=O)[C@@H](CCC1CCNCC1)NS(C)(=O)=O)C(=O)c1noc(CC2CCCC2)n1. The van der Waals surface area contributed by atoms with Crippen LogP contribution in [-0.4, -0.2) is 91.2 Å². The number of ether oxygens (including phenoxy) is 1. The molecule has 15 heteroatoms. The number of nitrogens with zero attached hydrogens (tertiary/aromatic N) is 3. The summed E-state index contributed by atoms with van der Waals surface area (Å²) in [5, 5.41) is 10.7. The first-order valence-electron chi connectivity index (χ1n) is 18.0. The molecule has 3 heterocycles. The molecular weight excluding hydrogens is 684 g/mol. The molecule has 1 saturated carbocycles. The highest BCUT2D eigenvalue weighted by Gasteiger charge is 2.44. The van der Waals surface area contributed by atoms with Crippen molar-refractivity contribution in [3.63, 3.8) is 0 Å². The number of carbonyl (C=O) groups is 3. The second-order valence-corrected chi connectivity index (χ2v) is 16.3. The topological polar surface area (TPSA) is 173 Å². The maximum atomic E-state index is 14.2. The third-order valence-electron chi connectivity index (χ3n) is 10.1. The van der Waals surface area contributed by atoms with E-state index in [1.54, 1.807) is 12.1 Å². The molecule has 0 unspecified atom stereocenters. The molecule has 2 aliphatic heterocycles. The number of benzene rings is 1. The second kappa shape index (κ2) is 18.0. The zero-order chi connectivity index (χ0) is 35.7. The van der Waals surface area contributed by atoms with Gasteiger partial charge in [0.05, 0.1) is 25.0 Å². The summed E-state index contributed by atoms with van der Waals surface area (Å²) in [5.74, 6) is -0.285. The Labute approximate surface area is 300 Å². The fraction of sp³-hybridized carbons (Fsp3) is 0.686. The lowest BCUT2D eigenvalue weighted by atomic mass is 9.91. The number of Topliss-reactive ketones (excluding diaryl/α,β-unsaturated/α-hetero) is 1. The van der Waals surface area contributed by atoms with Gasteiger partial charge in [0.25, 0.3) is 0 Å². The Bertz CT molecular complexity index is 1540. The summed E-state index contributed by atoms with van der Waals surface area (Å²) in [6.07, 6.45) is 9.66. The molecule has 1 aromatic heterocycles. The van der Waals surface area contributed by atoms with Crippen molar-refractivity contribution in [1.82, 2.24) is 30.4 Å². The average Bonchev–Trinajstić information content (AvgIpc) is 3.88. The molecule has 50 heavy (non-hydrogen) atoms. The minimum atomic E-state index is -3.75. The van der Waals surface area contributed by atoms with E-state index < -0.39 is 51.9 Å². The maximum absolute atomic E-state index is 14.2. The summed E-state index contributed by atoms with van der Waals surface area (Å²) >= 11 is 6.04. The van der Waals surface area contributed by atoms with Crippen LogP contribution in [0.5, 0.6) is 0 Å². The van der Waals surface area contributed by atoms with Gasteiger partial charge in [0.15, 0.2) is 0 Å². The lowest BCUT2D eigenvalue weighted by Gasteiger charge is -2.30. The van der Waals surface area contributed by atoms with Crippen LogP contribution in [0.3, 0.4) is 0 Å². The van der Waals surface area contributed by atoms with Gasteiger partial charge in [-0.1, -0.05) is 55.1 Å². The summed E-state index contributed by atoms with van der Waals surface area (Å²) in [7, 11) is -3.75.